The van der Waals surface area contributed by atoms with Crippen molar-refractivity contribution in [1.82, 2.24) is 14.6 Å². The summed E-state index contributed by atoms with van der Waals surface area (Å²) in [5, 5.41) is 14.0. The van der Waals surface area contributed by atoms with Crippen LogP contribution in [0.5, 0.6) is 0 Å². The van der Waals surface area contributed by atoms with Crippen LogP contribution in [0.4, 0.5) is 5.95 Å². The van der Waals surface area contributed by atoms with Gasteiger partial charge in [-0.05, 0) is 38.0 Å². The summed E-state index contributed by atoms with van der Waals surface area (Å²) >= 11 is 3.21. The van der Waals surface area contributed by atoms with E-state index in [2.05, 4.69) is 26.0 Å². The number of nitro groups is 1. The molecule has 0 aliphatic rings. The van der Waals surface area contributed by atoms with E-state index in [4.69, 9.17) is 0 Å². The van der Waals surface area contributed by atoms with Crippen molar-refractivity contribution in [2.24, 2.45) is 0 Å². The van der Waals surface area contributed by atoms with Crippen LogP contribution >= 0.6 is 15.9 Å². The monoisotopic (exact) mass is 242 g/mol. The minimum absolute atomic E-state index is 0.396. The topological polar surface area (TPSA) is 73.3 Å². The Morgan fingerprint density at radius 2 is 2.38 bits per heavy atom. The molecule has 0 aromatic carbocycles. The van der Waals surface area contributed by atoms with Crippen LogP contribution in [0.15, 0.2) is 22.8 Å². The molecule has 0 N–H and O–H groups in total. The lowest BCUT2D eigenvalue weighted by Gasteiger charge is -1.85. The van der Waals surface area contributed by atoms with Gasteiger partial charge in [-0.15, -0.1) is 4.52 Å². The zero-order chi connectivity index (χ0) is 9.42. The summed E-state index contributed by atoms with van der Waals surface area (Å²) in [6.07, 6.45) is 1.60. The van der Waals surface area contributed by atoms with E-state index >= 15 is 0 Å². The van der Waals surface area contributed by atoms with Crippen molar-refractivity contribution in [1.29, 1.82) is 0 Å². The molecule has 0 spiro atoms. The van der Waals surface area contributed by atoms with E-state index in [1.54, 1.807) is 18.3 Å². The summed E-state index contributed by atoms with van der Waals surface area (Å²) in [6, 6.07) is 3.46. The molecular weight excluding hydrogens is 240 g/mol. The predicted octanol–water partition coefficient (Wildman–Crippen LogP) is 1.40. The first-order valence-electron chi connectivity index (χ1n) is 3.34. The van der Waals surface area contributed by atoms with Gasteiger partial charge in [0.15, 0.2) is 0 Å². The summed E-state index contributed by atoms with van der Waals surface area (Å²) in [6.45, 7) is 0. The Morgan fingerprint density at radius 3 is 3.00 bits per heavy atom. The van der Waals surface area contributed by atoms with Gasteiger partial charge in [0.05, 0.1) is 4.47 Å². The Bertz CT molecular complexity index is 480. The average molecular weight is 243 g/mol. The lowest BCUT2D eigenvalue weighted by Crippen LogP contribution is -1.90. The van der Waals surface area contributed by atoms with E-state index in [0.29, 0.717) is 10.1 Å². The van der Waals surface area contributed by atoms with Crippen molar-refractivity contribution < 1.29 is 4.92 Å². The molecule has 13 heavy (non-hydrogen) atoms. The first kappa shape index (κ1) is 8.11. The number of pyridine rings is 1. The van der Waals surface area contributed by atoms with Crippen molar-refractivity contribution in [2.45, 2.75) is 0 Å². The summed E-state index contributed by atoms with van der Waals surface area (Å²) in [5.74, 6) is -0.396. The second-order valence-electron chi connectivity index (χ2n) is 2.29. The Hall–Kier alpha value is -1.50. The van der Waals surface area contributed by atoms with Gasteiger partial charge in [-0.3, -0.25) is 0 Å². The van der Waals surface area contributed by atoms with Crippen molar-refractivity contribution in [3.63, 3.8) is 0 Å². The molecule has 2 aromatic heterocycles. The van der Waals surface area contributed by atoms with Crippen LogP contribution < -0.4 is 0 Å². The third-order valence-electron chi connectivity index (χ3n) is 1.47. The number of hydrogen-bond acceptors (Lipinski definition) is 4. The summed E-state index contributed by atoms with van der Waals surface area (Å²) in [5.41, 5.74) is 0.439. The predicted molar refractivity (Wildman–Crippen MR) is 47.3 cm³/mol. The number of fused-ring (bicyclic) bond motifs is 1. The van der Waals surface area contributed by atoms with Crippen molar-refractivity contribution in [3.8, 4) is 0 Å². The van der Waals surface area contributed by atoms with Gasteiger partial charge >= 0.3 is 5.95 Å². The molecule has 0 aliphatic heterocycles. The summed E-state index contributed by atoms with van der Waals surface area (Å²) in [7, 11) is 0. The van der Waals surface area contributed by atoms with Crippen LogP contribution in [0.3, 0.4) is 0 Å². The molecule has 0 bridgehead atoms. The van der Waals surface area contributed by atoms with Crippen molar-refractivity contribution in [2.75, 3.05) is 0 Å². The van der Waals surface area contributed by atoms with E-state index in [9.17, 15) is 10.1 Å². The number of nitrogens with zero attached hydrogens (tertiary/aromatic N) is 4. The standard InChI is InChI=1S/C6H3BrN4O2/c7-4-2-1-3-10-5(4)8-6(9-10)11(12)13/h1-3H. The highest BCUT2D eigenvalue weighted by Gasteiger charge is 2.16. The molecule has 0 unspecified atom stereocenters. The van der Waals surface area contributed by atoms with Crippen LogP contribution in [0, 0.1) is 10.1 Å². The highest BCUT2D eigenvalue weighted by atomic mass is 79.9. The zero-order valence-corrected chi connectivity index (χ0v) is 7.80. The lowest BCUT2D eigenvalue weighted by atomic mass is 10.5. The van der Waals surface area contributed by atoms with E-state index in [1.165, 1.54) is 4.52 Å². The molecule has 0 saturated carbocycles. The smallest absolute Gasteiger partial charge is 0.390 e. The van der Waals surface area contributed by atoms with E-state index in [0.717, 1.165) is 0 Å². The molecule has 0 fully saturated rings. The second-order valence-corrected chi connectivity index (χ2v) is 3.15. The third-order valence-corrected chi connectivity index (χ3v) is 2.09. The fourth-order valence-corrected chi connectivity index (χ4v) is 1.36. The number of halogens is 1. The molecule has 2 aromatic rings. The fourth-order valence-electron chi connectivity index (χ4n) is 0.940. The maximum absolute atomic E-state index is 10.3. The Morgan fingerprint density at radius 1 is 1.62 bits per heavy atom. The Labute approximate surface area is 80.5 Å². The molecule has 0 radical (unpaired) electrons. The molecule has 0 amide bonds. The van der Waals surface area contributed by atoms with Gasteiger partial charge in [-0.1, -0.05) is 0 Å². The average Bonchev–Trinajstić information content (AvgIpc) is 2.49. The third kappa shape index (κ3) is 1.26. The van der Waals surface area contributed by atoms with Crippen LogP contribution in [0.1, 0.15) is 0 Å². The normalized spacial score (nSPS) is 10.5. The highest BCUT2D eigenvalue weighted by Crippen LogP contribution is 2.17. The van der Waals surface area contributed by atoms with Crippen molar-refractivity contribution in [3.05, 3.63) is 32.9 Å². The molecule has 0 aliphatic carbocycles. The first-order chi connectivity index (χ1) is 6.18. The first-order valence-corrected chi connectivity index (χ1v) is 4.13. The largest absolute Gasteiger partial charge is 0.491 e. The van der Waals surface area contributed by atoms with Gasteiger partial charge in [0, 0.05) is 11.3 Å². The molecule has 6 nitrogen and oxygen atoms in total. The number of rotatable bonds is 1. The van der Waals surface area contributed by atoms with E-state index in [-0.39, 0.29) is 0 Å². The fraction of sp³-hybridized carbons (Fsp3) is 0. The summed E-state index contributed by atoms with van der Waals surface area (Å²) < 4.78 is 2.03. The maximum atomic E-state index is 10.3. The Balaban J connectivity index is 2.75. The molecule has 2 rings (SSSR count). The van der Waals surface area contributed by atoms with E-state index in [1.807, 2.05) is 0 Å². The van der Waals surface area contributed by atoms with Gasteiger partial charge < -0.3 is 10.1 Å². The number of aromatic nitrogens is 3. The molecule has 2 heterocycles. The van der Waals surface area contributed by atoms with Crippen LogP contribution in [-0.2, 0) is 0 Å². The molecule has 7 heteroatoms. The van der Waals surface area contributed by atoms with Gasteiger partial charge in [0.2, 0.25) is 0 Å². The molecular formula is C6H3BrN4O2. The highest BCUT2D eigenvalue weighted by molar-refractivity contribution is 9.10. The van der Waals surface area contributed by atoms with Gasteiger partial charge in [-0.25, -0.2) is 0 Å². The minimum atomic E-state index is -0.626. The molecule has 0 atom stereocenters. The number of hydrogen-bond donors (Lipinski definition) is 0. The minimum Gasteiger partial charge on any atom is -0.390 e. The Kier molecular flexibility index (Phi) is 1.73. The van der Waals surface area contributed by atoms with Gasteiger partial charge in [-0.2, -0.15) is 0 Å². The van der Waals surface area contributed by atoms with Crippen LogP contribution in [0.2, 0.25) is 0 Å². The van der Waals surface area contributed by atoms with E-state index < -0.39 is 10.9 Å². The lowest BCUT2D eigenvalue weighted by molar-refractivity contribution is -0.394. The molecule has 66 valence electrons. The quantitative estimate of drug-likeness (QED) is 0.560. The second kappa shape index (κ2) is 2.77. The summed E-state index contributed by atoms with van der Waals surface area (Å²) in [4.78, 5) is 13.4. The van der Waals surface area contributed by atoms with Crippen LogP contribution in [-0.4, -0.2) is 19.5 Å². The maximum Gasteiger partial charge on any atom is 0.491 e. The van der Waals surface area contributed by atoms with Crippen LogP contribution in [0.25, 0.3) is 5.65 Å². The van der Waals surface area contributed by atoms with Crippen molar-refractivity contribution >= 4 is 27.5 Å². The zero-order valence-electron chi connectivity index (χ0n) is 6.22. The molecule has 0 saturated heterocycles. The SMILES string of the molecule is O=[N+]([O-])c1nc2c(Br)cccn2n1. The van der Waals surface area contributed by atoms with Gasteiger partial charge in [0.1, 0.15) is 0 Å². The van der Waals surface area contributed by atoms with Gasteiger partial charge in [0.25, 0.3) is 5.65 Å².